The lowest BCUT2D eigenvalue weighted by molar-refractivity contribution is -0.138. The lowest BCUT2D eigenvalue weighted by Crippen LogP contribution is -2.53. The number of nitrogens with two attached hydrogens (primary N) is 2. The number of carbonyl (C=O) groups excluding carboxylic acids is 4. The highest BCUT2D eigenvalue weighted by Gasteiger charge is 2.35. The summed E-state index contributed by atoms with van der Waals surface area (Å²) in [5, 5.41) is 11.8. The number of nitrogens with one attached hydrogen (secondary N) is 3. The van der Waals surface area contributed by atoms with Crippen molar-refractivity contribution in [2.75, 3.05) is 31.6 Å². The van der Waals surface area contributed by atoms with E-state index < -0.39 is 41.5 Å². The minimum atomic E-state index is -1.05. The number of guanidine groups is 1. The average Bonchev–Trinajstić information content (AvgIpc) is 3.50. The van der Waals surface area contributed by atoms with Gasteiger partial charge in [-0.3, -0.25) is 19.4 Å². The molecule has 1 aliphatic heterocycles. The number of hydrogen-bond donors (Lipinski definition) is 5. The van der Waals surface area contributed by atoms with Crippen LogP contribution in [0.25, 0.3) is 21.4 Å². The molecule has 0 bridgehead atoms. The van der Waals surface area contributed by atoms with Gasteiger partial charge in [-0.15, -0.1) is 12.3 Å². The van der Waals surface area contributed by atoms with Crippen LogP contribution < -0.4 is 33.0 Å². The molecule has 2 atom stereocenters. The van der Waals surface area contributed by atoms with Gasteiger partial charge in [-0.1, -0.05) is 5.11 Å². The lowest BCUT2D eigenvalue weighted by atomic mass is 10.1. The molecular formula is C28H34N10O7. The highest BCUT2D eigenvalue weighted by molar-refractivity contribution is 6.00. The lowest BCUT2D eigenvalue weighted by Gasteiger charge is -2.26. The maximum Gasteiger partial charge on any atom is 0.407 e. The largest absolute Gasteiger partial charge is 0.449 e. The van der Waals surface area contributed by atoms with Gasteiger partial charge in [-0.2, -0.15) is 0 Å². The van der Waals surface area contributed by atoms with Gasteiger partial charge in [0.15, 0.2) is 5.96 Å². The number of nitrogens with zero attached hydrogens (tertiary/aromatic N) is 5. The molecule has 3 rings (SSSR count). The summed E-state index contributed by atoms with van der Waals surface area (Å²) in [5.74, 6) is 0.589. The van der Waals surface area contributed by atoms with Crippen LogP contribution in [0.2, 0.25) is 0 Å². The first-order valence-corrected chi connectivity index (χ1v) is 14.0. The van der Waals surface area contributed by atoms with Crippen molar-refractivity contribution in [3.63, 3.8) is 0 Å². The van der Waals surface area contributed by atoms with Gasteiger partial charge in [0.05, 0.1) is 6.54 Å². The fraction of sp³-hybridized carbons (Fsp3) is 0.429. The molecule has 0 saturated carbocycles. The normalized spacial score (nSPS) is 14.4. The van der Waals surface area contributed by atoms with Gasteiger partial charge < -0.3 is 41.5 Å². The van der Waals surface area contributed by atoms with Crippen LogP contribution in [0.4, 0.5) is 10.5 Å². The van der Waals surface area contributed by atoms with Crippen LogP contribution in [-0.4, -0.2) is 73.0 Å². The minimum absolute atomic E-state index is 0.00398. The first kappa shape index (κ1) is 33.7. The van der Waals surface area contributed by atoms with E-state index in [0.29, 0.717) is 30.2 Å². The Hall–Kier alpha value is -5.75. The fourth-order valence-corrected chi connectivity index (χ4v) is 4.66. The van der Waals surface area contributed by atoms with Gasteiger partial charge in [-0.05, 0) is 48.9 Å². The number of anilines is 1. The molecule has 45 heavy (non-hydrogen) atoms. The molecule has 1 fully saturated rings. The molecule has 17 nitrogen and oxygen atoms in total. The van der Waals surface area contributed by atoms with E-state index in [0.717, 1.165) is 0 Å². The van der Waals surface area contributed by atoms with Crippen molar-refractivity contribution in [3.8, 4) is 12.3 Å². The first-order valence-electron chi connectivity index (χ1n) is 14.0. The number of alkyl carbamates (subject to hydrolysis) is 1. The predicted molar refractivity (Wildman–Crippen MR) is 163 cm³/mol. The second-order valence-electron chi connectivity index (χ2n) is 9.88. The molecule has 0 unspecified atom stereocenters. The van der Waals surface area contributed by atoms with Crippen molar-refractivity contribution >= 4 is 46.4 Å². The van der Waals surface area contributed by atoms with E-state index in [2.05, 4.69) is 36.9 Å². The van der Waals surface area contributed by atoms with Crippen LogP contribution in [-0.2, 0) is 25.7 Å². The van der Waals surface area contributed by atoms with Crippen molar-refractivity contribution in [2.24, 2.45) is 21.6 Å². The molecule has 0 aliphatic carbocycles. The predicted octanol–water partition coefficient (Wildman–Crippen LogP) is 0.821. The summed E-state index contributed by atoms with van der Waals surface area (Å²) < 4.78 is 10.1. The topological polar surface area (TPSA) is 260 Å². The number of terminal acetylenes is 1. The van der Waals surface area contributed by atoms with E-state index in [1.165, 1.54) is 17.0 Å². The minimum Gasteiger partial charge on any atom is -0.449 e. The van der Waals surface area contributed by atoms with Crippen molar-refractivity contribution < 1.29 is 28.3 Å². The Labute approximate surface area is 257 Å². The Morgan fingerprint density at radius 1 is 1.27 bits per heavy atom. The van der Waals surface area contributed by atoms with E-state index >= 15 is 0 Å². The molecule has 17 heteroatoms. The number of azide groups is 1. The van der Waals surface area contributed by atoms with Gasteiger partial charge in [0.2, 0.25) is 17.7 Å². The fourth-order valence-electron chi connectivity index (χ4n) is 4.66. The second kappa shape index (κ2) is 16.8. The van der Waals surface area contributed by atoms with Gasteiger partial charge in [0.25, 0.3) is 0 Å². The summed E-state index contributed by atoms with van der Waals surface area (Å²) in [7, 11) is 0. The van der Waals surface area contributed by atoms with Crippen LogP contribution in [0, 0.1) is 12.3 Å². The van der Waals surface area contributed by atoms with Crippen LogP contribution in [0.5, 0.6) is 0 Å². The number of carbonyl (C=O) groups is 4. The molecule has 1 aromatic carbocycles. The molecule has 0 radical (unpaired) electrons. The van der Waals surface area contributed by atoms with E-state index in [1.807, 2.05) is 0 Å². The second-order valence-corrected chi connectivity index (χ2v) is 9.88. The van der Waals surface area contributed by atoms with Crippen LogP contribution in [0.3, 0.4) is 0 Å². The van der Waals surface area contributed by atoms with Gasteiger partial charge in [-0.25, -0.2) is 9.59 Å². The van der Waals surface area contributed by atoms with Gasteiger partial charge in [0, 0.05) is 47.6 Å². The van der Waals surface area contributed by atoms with E-state index in [9.17, 15) is 24.0 Å². The van der Waals surface area contributed by atoms with E-state index in [1.54, 1.807) is 12.1 Å². The Morgan fingerprint density at radius 3 is 2.80 bits per heavy atom. The molecule has 7 N–H and O–H groups in total. The van der Waals surface area contributed by atoms with Crippen molar-refractivity contribution in [1.29, 1.82) is 0 Å². The third kappa shape index (κ3) is 10.2. The highest BCUT2D eigenvalue weighted by Crippen LogP contribution is 2.23. The molecule has 1 aliphatic rings. The zero-order chi connectivity index (χ0) is 32.8. The number of aliphatic imine (C=N–C) groups is 1. The number of benzene rings is 1. The Bertz CT molecular complexity index is 1590. The molecule has 1 aromatic heterocycles. The zero-order valence-electron chi connectivity index (χ0n) is 24.4. The quantitative estimate of drug-likeness (QED) is 0.0291. The third-order valence-electron chi connectivity index (χ3n) is 6.72. The maximum absolute atomic E-state index is 13.4. The zero-order valence-corrected chi connectivity index (χ0v) is 24.4. The molecule has 238 valence electrons. The van der Waals surface area contributed by atoms with E-state index in [4.69, 9.17) is 32.6 Å². The summed E-state index contributed by atoms with van der Waals surface area (Å²) >= 11 is 0. The summed E-state index contributed by atoms with van der Waals surface area (Å²) in [6, 6.07) is 3.91. The number of likely N-dealkylation sites (tertiary alicyclic amines) is 1. The third-order valence-corrected chi connectivity index (χ3v) is 6.72. The summed E-state index contributed by atoms with van der Waals surface area (Å²) in [5.41, 5.74) is 19.6. The smallest absolute Gasteiger partial charge is 0.407 e. The van der Waals surface area contributed by atoms with Crippen molar-refractivity contribution in [1.82, 2.24) is 15.5 Å². The molecular weight excluding hydrogens is 588 g/mol. The molecule has 0 spiro atoms. The monoisotopic (exact) mass is 622 g/mol. The van der Waals surface area contributed by atoms with Crippen molar-refractivity contribution in [3.05, 3.63) is 50.7 Å². The highest BCUT2D eigenvalue weighted by atomic mass is 16.5. The Morgan fingerprint density at radius 2 is 2.07 bits per heavy atom. The Balaban J connectivity index is 1.72. The molecule has 4 amide bonds. The maximum atomic E-state index is 13.4. The number of hydrogen-bond acceptors (Lipinski definition) is 9. The van der Waals surface area contributed by atoms with Crippen LogP contribution in [0.15, 0.2) is 43.6 Å². The number of ether oxygens (including phenoxy) is 1. The Kier molecular flexibility index (Phi) is 12.6. The standard InChI is InChI=1S/C28H34N10O7/c1-2-3-12-44-28(43)33-16-23(39)38-11-5-7-21(38)26(42)36-20(6-4-10-32-27(29)30)25(41)35-18-8-9-19-17(15-34-37-31)13-24(40)45-22(19)14-18/h1,8-9,13-14,20-21H,3-7,10-12,15-16H2,(H,33,43)(H,35,41)(H,36,42)(H4,29,30,32)/t20-,21-/m0/s1. The number of rotatable bonds is 14. The summed E-state index contributed by atoms with van der Waals surface area (Å²) in [4.78, 5) is 71.3. The van der Waals surface area contributed by atoms with Crippen LogP contribution >= 0.6 is 0 Å². The summed E-state index contributed by atoms with van der Waals surface area (Å²) in [6.45, 7) is 0.0413. The first-order chi connectivity index (χ1) is 21.6. The molecule has 2 heterocycles. The summed E-state index contributed by atoms with van der Waals surface area (Å²) in [6.07, 6.45) is 5.93. The van der Waals surface area contributed by atoms with Crippen molar-refractivity contribution in [2.45, 2.75) is 50.7 Å². The average molecular weight is 623 g/mol. The molecule has 2 aromatic rings. The van der Waals surface area contributed by atoms with E-state index in [-0.39, 0.29) is 62.9 Å². The van der Waals surface area contributed by atoms with Crippen LogP contribution in [0.1, 0.15) is 37.7 Å². The number of fused-ring (bicyclic) bond motifs is 1. The SMILES string of the molecule is C#CCCOC(=O)NCC(=O)N1CCC[C@H]1C(=O)N[C@@H](CCCN=C(N)N)C(=O)Nc1ccc2c(CN=[N+]=[N-])cc(=O)oc2c1. The van der Waals surface area contributed by atoms with Gasteiger partial charge in [0.1, 0.15) is 30.8 Å². The molecule has 1 saturated heterocycles. The number of amides is 4. The van der Waals surface area contributed by atoms with Gasteiger partial charge >= 0.3 is 11.7 Å².